The van der Waals surface area contributed by atoms with Gasteiger partial charge in [0.05, 0.1) is 5.69 Å². The maximum atomic E-state index is 11.5. The van der Waals surface area contributed by atoms with E-state index in [0.717, 1.165) is 38.2 Å². The fraction of sp³-hybridized carbons (Fsp3) is 0.538. The Hall–Kier alpha value is -1.42. The summed E-state index contributed by atoms with van der Waals surface area (Å²) >= 11 is 0. The lowest BCUT2D eigenvalue weighted by molar-refractivity contribution is -0.125. The Kier molecular flexibility index (Phi) is 4.09. The maximum absolute atomic E-state index is 11.5. The van der Waals surface area contributed by atoms with Crippen molar-refractivity contribution in [2.75, 3.05) is 20.1 Å². The second-order valence-electron chi connectivity index (χ2n) is 4.49. The molecule has 0 atom stereocenters. The number of aromatic nitrogens is 1. The van der Waals surface area contributed by atoms with E-state index in [0.29, 0.717) is 0 Å². The van der Waals surface area contributed by atoms with Gasteiger partial charge in [-0.2, -0.15) is 0 Å². The van der Waals surface area contributed by atoms with Crippen molar-refractivity contribution in [1.29, 1.82) is 0 Å². The number of nitrogens with zero attached hydrogens (tertiary/aromatic N) is 2. The molecule has 4 heteroatoms. The first kappa shape index (κ1) is 12.0. The molecule has 1 aromatic rings. The lowest BCUT2D eigenvalue weighted by atomic mass is 9.96. The van der Waals surface area contributed by atoms with Crippen molar-refractivity contribution in [2.45, 2.75) is 19.4 Å². The summed E-state index contributed by atoms with van der Waals surface area (Å²) in [5.41, 5.74) is 1.10. The molecule has 1 aromatic heterocycles. The minimum Gasteiger partial charge on any atom is -0.359 e. The van der Waals surface area contributed by atoms with Gasteiger partial charge in [0, 0.05) is 25.7 Å². The zero-order valence-corrected chi connectivity index (χ0v) is 10.2. The molecule has 0 aliphatic carbocycles. The average Bonchev–Trinajstić information content (AvgIpc) is 2.40. The van der Waals surface area contributed by atoms with Crippen molar-refractivity contribution in [3.05, 3.63) is 30.1 Å². The largest absolute Gasteiger partial charge is 0.359 e. The minimum atomic E-state index is 0.183. The smallest absolute Gasteiger partial charge is 0.222 e. The number of hydrogen-bond acceptors (Lipinski definition) is 3. The van der Waals surface area contributed by atoms with Gasteiger partial charge in [0.1, 0.15) is 0 Å². The predicted molar refractivity (Wildman–Crippen MR) is 66.3 cm³/mol. The molecule has 92 valence electrons. The fourth-order valence-corrected chi connectivity index (χ4v) is 2.28. The molecule has 1 N–H and O–H groups in total. The quantitative estimate of drug-likeness (QED) is 0.848. The molecule has 0 radical (unpaired) electrons. The van der Waals surface area contributed by atoms with Crippen LogP contribution in [0.1, 0.15) is 18.5 Å². The van der Waals surface area contributed by atoms with E-state index < -0.39 is 0 Å². The third-order valence-corrected chi connectivity index (χ3v) is 3.32. The molecule has 0 bridgehead atoms. The van der Waals surface area contributed by atoms with E-state index in [-0.39, 0.29) is 11.8 Å². The number of pyridine rings is 1. The Balaban J connectivity index is 1.82. The van der Waals surface area contributed by atoms with Crippen molar-refractivity contribution in [3.8, 4) is 0 Å². The van der Waals surface area contributed by atoms with E-state index >= 15 is 0 Å². The van der Waals surface area contributed by atoms with Gasteiger partial charge >= 0.3 is 0 Å². The van der Waals surface area contributed by atoms with E-state index in [1.807, 2.05) is 24.4 Å². The highest BCUT2D eigenvalue weighted by atomic mass is 16.1. The van der Waals surface area contributed by atoms with Gasteiger partial charge in [0.15, 0.2) is 0 Å². The maximum Gasteiger partial charge on any atom is 0.222 e. The van der Waals surface area contributed by atoms with Crippen molar-refractivity contribution in [3.63, 3.8) is 0 Å². The number of hydrogen-bond donors (Lipinski definition) is 1. The highest BCUT2D eigenvalue weighted by molar-refractivity contribution is 5.78. The first-order chi connectivity index (χ1) is 8.29. The van der Waals surface area contributed by atoms with Crippen LogP contribution in [0.25, 0.3) is 0 Å². The van der Waals surface area contributed by atoms with Crippen LogP contribution in [0, 0.1) is 5.92 Å². The molecule has 17 heavy (non-hydrogen) atoms. The standard InChI is InChI=1S/C13H19N3O/c1-14-13(17)11-5-8-16(9-6-11)10-12-4-2-3-7-15-12/h2-4,7,11H,5-6,8-10H2,1H3,(H,14,17). The van der Waals surface area contributed by atoms with Gasteiger partial charge in [0.2, 0.25) is 5.91 Å². The molecule has 0 saturated carbocycles. The number of likely N-dealkylation sites (tertiary alicyclic amines) is 1. The third kappa shape index (κ3) is 3.27. The summed E-state index contributed by atoms with van der Waals surface area (Å²) in [7, 11) is 1.71. The minimum absolute atomic E-state index is 0.183. The molecular formula is C13H19N3O. The average molecular weight is 233 g/mol. The Bertz CT molecular complexity index is 358. The number of piperidine rings is 1. The number of carbonyl (C=O) groups is 1. The number of carbonyl (C=O) groups excluding carboxylic acids is 1. The van der Waals surface area contributed by atoms with Crippen LogP contribution in [0.3, 0.4) is 0 Å². The van der Waals surface area contributed by atoms with Gasteiger partial charge in [-0.05, 0) is 38.1 Å². The fourth-order valence-electron chi connectivity index (χ4n) is 2.28. The zero-order chi connectivity index (χ0) is 12.1. The van der Waals surface area contributed by atoms with E-state index in [9.17, 15) is 4.79 Å². The predicted octanol–water partition coefficient (Wildman–Crippen LogP) is 1.04. The second-order valence-corrected chi connectivity index (χ2v) is 4.49. The van der Waals surface area contributed by atoms with Gasteiger partial charge < -0.3 is 5.32 Å². The zero-order valence-electron chi connectivity index (χ0n) is 10.2. The van der Waals surface area contributed by atoms with Crippen molar-refractivity contribution in [1.82, 2.24) is 15.2 Å². The number of rotatable bonds is 3. The van der Waals surface area contributed by atoms with Crippen molar-refractivity contribution in [2.24, 2.45) is 5.92 Å². The molecule has 0 aromatic carbocycles. The lowest BCUT2D eigenvalue weighted by Crippen LogP contribution is -2.39. The highest BCUT2D eigenvalue weighted by Crippen LogP contribution is 2.18. The van der Waals surface area contributed by atoms with Crippen molar-refractivity contribution < 1.29 is 4.79 Å². The SMILES string of the molecule is CNC(=O)C1CCN(Cc2ccccn2)CC1. The van der Waals surface area contributed by atoms with Crippen LogP contribution < -0.4 is 5.32 Å². The van der Waals surface area contributed by atoms with Gasteiger partial charge in [-0.1, -0.05) is 6.07 Å². The molecule has 1 amide bonds. The van der Waals surface area contributed by atoms with Crippen molar-refractivity contribution >= 4 is 5.91 Å². The Morgan fingerprint density at radius 2 is 2.24 bits per heavy atom. The monoisotopic (exact) mass is 233 g/mol. The summed E-state index contributed by atoms with van der Waals surface area (Å²) in [6.07, 6.45) is 3.73. The normalized spacial score (nSPS) is 17.9. The molecule has 2 heterocycles. The van der Waals surface area contributed by atoms with Crippen LogP contribution >= 0.6 is 0 Å². The van der Waals surface area contributed by atoms with Gasteiger partial charge in [-0.25, -0.2) is 0 Å². The molecular weight excluding hydrogens is 214 g/mol. The molecule has 1 aliphatic rings. The molecule has 1 saturated heterocycles. The lowest BCUT2D eigenvalue weighted by Gasteiger charge is -2.30. The van der Waals surface area contributed by atoms with Gasteiger partial charge in [-0.3, -0.25) is 14.7 Å². The van der Waals surface area contributed by atoms with Crippen LogP contribution in [0.2, 0.25) is 0 Å². The summed E-state index contributed by atoms with van der Waals surface area (Å²) in [4.78, 5) is 18.2. The van der Waals surface area contributed by atoms with E-state index in [4.69, 9.17) is 0 Å². The van der Waals surface area contributed by atoms with Crippen LogP contribution in [-0.4, -0.2) is 35.9 Å². The van der Waals surface area contributed by atoms with Gasteiger partial charge in [0.25, 0.3) is 0 Å². The summed E-state index contributed by atoms with van der Waals surface area (Å²) in [6, 6.07) is 5.99. The Morgan fingerprint density at radius 3 is 2.82 bits per heavy atom. The molecule has 1 aliphatic heterocycles. The number of nitrogens with one attached hydrogen (secondary N) is 1. The van der Waals surface area contributed by atoms with E-state index in [2.05, 4.69) is 15.2 Å². The highest BCUT2D eigenvalue weighted by Gasteiger charge is 2.24. The topological polar surface area (TPSA) is 45.2 Å². The first-order valence-corrected chi connectivity index (χ1v) is 6.13. The van der Waals surface area contributed by atoms with Crippen LogP contribution in [0.15, 0.2) is 24.4 Å². The molecule has 1 fully saturated rings. The summed E-state index contributed by atoms with van der Waals surface area (Å²) in [5, 5.41) is 2.73. The second kappa shape index (κ2) is 5.77. The van der Waals surface area contributed by atoms with Crippen LogP contribution in [0.4, 0.5) is 0 Å². The Morgan fingerprint density at radius 1 is 1.47 bits per heavy atom. The molecule has 4 nitrogen and oxygen atoms in total. The van der Waals surface area contributed by atoms with E-state index in [1.54, 1.807) is 7.05 Å². The Labute approximate surface area is 102 Å². The molecule has 2 rings (SSSR count). The number of amides is 1. The van der Waals surface area contributed by atoms with Gasteiger partial charge in [-0.15, -0.1) is 0 Å². The third-order valence-electron chi connectivity index (χ3n) is 3.32. The molecule has 0 unspecified atom stereocenters. The van der Waals surface area contributed by atoms with E-state index in [1.165, 1.54) is 0 Å². The van der Waals surface area contributed by atoms with Crippen LogP contribution in [0.5, 0.6) is 0 Å². The first-order valence-electron chi connectivity index (χ1n) is 6.13. The summed E-state index contributed by atoms with van der Waals surface area (Å²) < 4.78 is 0. The van der Waals surface area contributed by atoms with Crippen LogP contribution in [-0.2, 0) is 11.3 Å². The summed E-state index contributed by atoms with van der Waals surface area (Å²) in [6.45, 7) is 2.85. The molecule has 0 spiro atoms. The summed E-state index contributed by atoms with van der Waals surface area (Å²) in [5.74, 6) is 0.377.